The predicted molar refractivity (Wildman–Crippen MR) is 109 cm³/mol. The van der Waals surface area contributed by atoms with Crippen LogP contribution in [-0.2, 0) is 0 Å². The number of unbranched alkanes of at least 4 members (excludes halogenated alkanes) is 4. The highest BCUT2D eigenvalue weighted by Gasteiger charge is 2.74. The zero-order chi connectivity index (χ0) is 23.1. The highest BCUT2D eigenvalue weighted by atomic mass is 19.4. The minimum absolute atomic E-state index is 0.169. The Bertz CT molecular complexity index is 499. The lowest BCUT2D eigenvalue weighted by atomic mass is 9.73. The maximum atomic E-state index is 13.9. The van der Waals surface area contributed by atoms with Crippen LogP contribution in [0.15, 0.2) is 0 Å². The second kappa shape index (κ2) is 11.6. The highest BCUT2D eigenvalue weighted by Crippen LogP contribution is 2.53. The van der Waals surface area contributed by atoms with E-state index < -0.39 is 23.9 Å². The summed E-state index contributed by atoms with van der Waals surface area (Å²) in [6.07, 6.45) is 8.57. The van der Waals surface area contributed by atoms with Gasteiger partial charge in [-0.3, -0.25) is 0 Å². The van der Waals surface area contributed by atoms with Crippen molar-refractivity contribution < 1.29 is 30.7 Å². The van der Waals surface area contributed by atoms with Crippen LogP contribution in [0.25, 0.3) is 0 Å². The van der Waals surface area contributed by atoms with Crippen molar-refractivity contribution in [2.24, 2.45) is 23.7 Å². The van der Waals surface area contributed by atoms with Crippen LogP contribution in [0.1, 0.15) is 110 Å². The molecular weight excluding hydrogens is 421 g/mol. The SMILES string of the molecule is CCCCCCCC1CCC(CCC2CCC(C(F)(F)C(F)(F)C(F)(F)F)CC2)CC1. The number of halogens is 7. The lowest BCUT2D eigenvalue weighted by Gasteiger charge is -2.38. The summed E-state index contributed by atoms with van der Waals surface area (Å²) in [5.41, 5.74) is 0. The van der Waals surface area contributed by atoms with Gasteiger partial charge < -0.3 is 0 Å². The zero-order valence-electron chi connectivity index (χ0n) is 18.8. The molecule has 2 saturated carbocycles. The molecule has 0 aromatic heterocycles. The van der Waals surface area contributed by atoms with Crippen molar-refractivity contribution in [3.05, 3.63) is 0 Å². The average molecular weight is 461 g/mol. The second-order valence-electron chi connectivity index (χ2n) is 10.1. The molecule has 2 aliphatic rings. The van der Waals surface area contributed by atoms with Crippen molar-refractivity contribution >= 4 is 0 Å². The quantitative estimate of drug-likeness (QED) is 0.213. The lowest BCUT2D eigenvalue weighted by molar-refractivity contribution is -0.367. The summed E-state index contributed by atoms with van der Waals surface area (Å²) in [5.74, 6) is -11.3. The van der Waals surface area contributed by atoms with Gasteiger partial charge >= 0.3 is 18.0 Å². The van der Waals surface area contributed by atoms with Crippen LogP contribution in [0.3, 0.4) is 0 Å². The van der Waals surface area contributed by atoms with E-state index in [0.717, 1.165) is 18.8 Å². The summed E-state index contributed by atoms with van der Waals surface area (Å²) in [7, 11) is 0. The van der Waals surface area contributed by atoms with Gasteiger partial charge in [-0.05, 0) is 43.4 Å². The first-order chi connectivity index (χ1) is 14.5. The van der Waals surface area contributed by atoms with Crippen molar-refractivity contribution in [3.8, 4) is 0 Å². The summed E-state index contributed by atoms with van der Waals surface area (Å²) < 4.78 is 91.6. The standard InChI is InChI=1S/C24H39F7/c1-2-3-4-5-6-7-18-8-10-19(11-9-18)12-13-20-14-16-21(17-15-20)22(25,26)23(27,28)24(29,30)31/h18-21H,2-17H2,1H3. The molecule has 0 atom stereocenters. The molecule has 0 aromatic carbocycles. The van der Waals surface area contributed by atoms with Crippen molar-refractivity contribution in [1.29, 1.82) is 0 Å². The smallest absolute Gasteiger partial charge is 0.199 e. The van der Waals surface area contributed by atoms with Crippen LogP contribution in [0.2, 0.25) is 0 Å². The fourth-order valence-electron chi connectivity index (χ4n) is 5.58. The third-order valence-corrected chi connectivity index (χ3v) is 7.80. The second-order valence-corrected chi connectivity index (χ2v) is 10.1. The third-order valence-electron chi connectivity index (χ3n) is 7.80. The molecule has 31 heavy (non-hydrogen) atoms. The summed E-state index contributed by atoms with van der Waals surface area (Å²) in [5, 5.41) is 0. The predicted octanol–water partition coefficient (Wildman–Crippen LogP) is 9.57. The van der Waals surface area contributed by atoms with Crippen LogP contribution in [0, 0.1) is 23.7 Å². The molecule has 0 nitrogen and oxygen atoms in total. The monoisotopic (exact) mass is 460 g/mol. The highest BCUT2D eigenvalue weighted by molar-refractivity contribution is 4.97. The lowest BCUT2D eigenvalue weighted by Crippen LogP contribution is -2.56. The Balaban J connectivity index is 1.65. The fraction of sp³-hybridized carbons (Fsp3) is 1.00. The van der Waals surface area contributed by atoms with Gasteiger partial charge in [0.2, 0.25) is 0 Å². The summed E-state index contributed by atoms with van der Waals surface area (Å²) in [4.78, 5) is 0. The first kappa shape index (κ1) is 26.8. The van der Waals surface area contributed by atoms with E-state index >= 15 is 0 Å². The first-order valence-electron chi connectivity index (χ1n) is 12.3. The van der Waals surface area contributed by atoms with Crippen LogP contribution in [0.5, 0.6) is 0 Å². The first-order valence-corrected chi connectivity index (χ1v) is 12.3. The summed E-state index contributed by atoms with van der Waals surface area (Å²) >= 11 is 0. The van der Waals surface area contributed by atoms with Gasteiger partial charge in [0, 0.05) is 5.92 Å². The van der Waals surface area contributed by atoms with Crippen LogP contribution in [-0.4, -0.2) is 18.0 Å². The largest absolute Gasteiger partial charge is 0.459 e. The van der Waals surface area contributed by atoms with E-state index in [9.17, 15) is 30.7 Å². The van der Waals surface area contributed by atoms with E-state index in [1.165, 1.54) is 64.2 Å². The molecule has 0 unspecified atom stereocenters. The molecule has 0 heterocycles. The molecule has 0 saturated heterocycles. The van der Waals surface area contributed by atoms with Crippen molar-refractivity contribution in [2.75, 3.05) is 0 Å². The number of rotatable bonds is 11. The summed E-state index contributed by atoms with van der Waals surface area (Å²) in [6.45, 7) is 2.22. The van der Waals surface area contributed by atoms with E-state index in [1.54, 1.807) is 0 Å². The molecule has 184 valence electrons. The molecule has 7 heteroatoms. The Morgan fingerprint density at radius 2 is 0.968 bits per heavy atom. The minimum atomic E-state index is -6.22. The molecule has 0 aliphatic heterocycles. The Kier molecular flexibility index (Phi) is 10.00. The molecular formula is C24H39F7. The van der Waals surface area contributed by atoms with Gasteiger partial charge in [0.1, 0.15) is 0 Å². The van der Waals surface area contributed by atoms with Crippen LogP contribution in [0.4, 0.5) is 30.7 Å². The summed E-state index contributed by atoms with van der Waals surface area (Å²) in [6, 6.07) is 0. The normalized spacial score (nSPS) is 28.6. The minimum Gasteiger partial charge on any atom is -0.199 e. The van der Waals surface area contributed by atoms with Crippen molar-refractivity contribution in [1.82, 2.24) is 0 Å². The maximum Gasteiger partial charge on any atom is 0.459 e. The topological polar surface area (TPSA) is 0 Å². The Morgan fingerprint density at radius 3 is 1.42 bits per heavy atom. The third kappa shape index (κ3) is 7.25. The molecule has 0 amide bonds. The molecule has 2 aliphatic carbocycles. The van der Waals surface area contributed by atoms with E-state index in [-0.39, 0.29) is 18.8 Å². The van der Waals surface area contributed by atoms with Gasteiger partial charge in [0.15, 0.2) is 0 Å². The fourth-order valence-corrected chi connectivity index (χ4v) is 5.58. The Morgan fingerprint density at radius 1 is 0.548 bits per heavy atom. The van der Waals surface area contributed by atoms with Gasteiger partial charge in [-0.25, -0.2) is 0 Å². The number of hydrogen-bond acceptors (Lipinski definition) is 0. The molecule has 0 N–H and O–H groups in total. The van der Waals surface area contributed by atoms with Gasteiger partial charge in [0.05, 0.1) is 0 Å². The van der Waals surface area contributed by atoms with Crippen LogP contribution >= 0.6 is 0 Å². The molecule has 2 rings (SSSR count). The Labute approximate surface area is 182 Å². The van der Waals surface area contributed by atoms with Gasteiger partial charge in [-0.1, -0.05) is 84.0 Å². The molecule has 0 radical (unpaired) electrons. The van der Waals surface area contributed by atoms with E-state index in [2.05, 4.69) is 6.92 Å². The van der Waals surface area contributed by atoms with Gasteiger partial charge in [0.25, 0.3) is 0 Å². The molecule has 0 spiro atoms. The molecule has 0 bridgehead atoms. The van der Waals surface area contributed by atoms with Crippen LogP contribution < -0.4 is 0 Å². The number of hydrogen-bond donors (Lipinski definition) is 0. The average Bonchev–Trinajstić information content (AvgIpc) is 2.72. The van der Waals surface area contributed by atoms with Crippen molar-refractivity contribution in [2.45, 2.75) is 128 Å². The van der Waals surface area contributed by atoms with E-state index in [4.69, 9.17) is 0 Å². The Hall–Kier alpha value is -0.490. The maximum absolute atomic E-state index is 13.9. The van der Waals surface area contributed by atoms with Gasteiger partial charge in [-0.2, -0.15) is 30.7 Å². The van der Waals surface area contributed by atoms with E-state index in [1.807, 2.05) is 0 Å². The zero-order valence-corrected chi connectivity index (χ0v) is 18.8. The van der Waals surface area contributed by atoms with Crippen molar-refractivity contribution in [3.63, 3.8) is 0 Å². The molecule has 2 fully saturated rings. The molecule has 0 aromatic rings. The number of alkyl halides is 7. The van der Waals surface area contributed by atoms with E-state index in [0.29, 0.717) is 18.8 Å². The van der Waals surface area contributed by atoms with Gasteiger partial charge in [-0.15, -0.1) is 0 Å².